The molecule has 23 atom stereocenters. The maximum absolute atomic E-state index is 12.7. The molecule has 0 aromatic carbocycles. The summed E-state index contributed by atoms with van der Waals surface area (Å²) >= 11 is 0. The number of hydrogen-bond donors (Lipinski definition) is 11. The van der Waals surface area contributed by atoms with Gasteiger partial charge in [0, 0.05) is 32.0 Å². The highest BCUT2D eigenvalue weighted by molar-refractivity contribution is 5.22. The standard InChI is InChI=1S/C40H68O16/c1-18(27-29(48)30(49)35-39(27,4)11-9-26-38(3)10-8-21(43)12-22(38)23(44)13-40(26,35)51)6-7-20(19(2)14-41)16-53-37-34(31(50)32(55-37)24(45)15-42)56-36-33(52-5)28(47)25(46)17-54-36/h6-7,18-37,41-51H,8-17H2,1-5H3/b7-6+/t18-,19?,20?,21+,22?,23+,24-,25+,26?,27+,28-,29-,30-,31-,32-,33+,34+,35?,36-,37+,38+,39-,40+/m1/s1. The SMILES string of the molecule is CO[C@@H]1[C@@H](O[C@@H]2[C@@H](OCC(/C=C/[C@@H](C)[C@H]3[C@@H](O)[C@@H](O)C4[C@]5(O)C[C@H](O)C6C[C@@H](O)CC[C@]6(C)C5CC[C@@]43C)C(C)CO)O[C@H]([C@H](O)CO)[C@H]2O)OC[C@H](O)[C@H]1O. The fraction of sp³-hybridized carbons (Fsp3) is 0.950. The van der Waals surface area contributed by atoms with Crippen LogP contribution in [0.4, 0.5) is 0 Å². The third-order valence-electron chi connectivity index (χ3n) is 15.3. The second kappa shape index (κ2) is 17.2. The molecule has 2 saturated heterocycles. The fourth-order valence-corrected chi connectivity index (χ4v) is 12.3. The minimum Gasteiger partial charge on any atom is -0.396 e. The minimum atomic E-state index is -1.51. The summed E-state index contributed by atoms with van der Waals surface area (Å²) in [5, 5.41) is 120. The number of aliphatic hydroxyl groups is 11. The molecule has 6 rings (SSSR count). The van der Waals surface area contributed by atoms with E-state index in [0.29, 0.717) is 32.1 Å². The first kappa shape index (κ1) is 44.6. The summed E-state index contributed by atoms with van der Waals surface area (Å²) in [6, 6.07) is 0. The molecule has 324 valence electrons. The van der Waals surface area contributed by atoms with Crippen LogP contribution >= 0.6 is 0 Å². The first-order chi connectivity index (χ1) is 26.4. The zero-order valence-corrected chi connectivity index (χ0v) is 33.2. The maximum Gasteiger partial charge on any atom is 0.187 e. The van der Waals surface area contributed by atoms with Crippen molar-refractivity contribution >= 4 is 0 Å². The summed E-state index contributed by atoms with van der Waals surface area (Å²) in [6.45, 7) is 6.62. The number of allylic oxidation sites excluding steroid dienone is 1. The quantitative estimate of drug-likeness (QED) is 0.0937. The van der Waals surface area contributed by atoms with Gasteiger partial charge in [-0.1, -0.05) is 39.8 Å². The maximum atomic E-state index is 12.7. The van der Waals surface area contributed by atoms with Crippen LogP contribution in [-0.2, 0) is 23.7 Å². The van der Waals surface area contributed by atoms with Crippen LogP contribution in [0.5, 0.6) is 0 Å². The van der Waals surface area contributed by atoms with E-state index in [1.54, 1.807) is 0 Å². The van der Waals surface area contributed by atoms with E-state index < -0.39 is 121 Å². The highest BCUT2D eigenvalue weighted by Crippen LogP contribution is 2.69. The summed E-state index contributed by atoms with van der Waals surface area (Å²) in [7, 11) is 1.30. The van der Waals surface area contributed by atoms with Gasteiger partial charge in [-0.3, -0.25) is 0 Å². The van der Waals surface area contributed by atoms with E-state index in [4.69, 9.17) is 23.7 Å². The molecule has 11 N–H and O–H groups in total. The first-order valence-corrected chi connectivity index (χ1v) is 20.5. The summed E-state index contributed by atoms with van der Waals surface area (Å²) in [6.07, 6.45) is -8.72. The van der Waals surface area contributed by atoms with E-state index >= 15 is 0 Å². The number of methoxy groups -OCH3 is 1. The molecule has 0 radical (unpaired) electrons. The Hall–Kier alpha value is -0.900. The van der Waals surface area contributed by atoms with Gasteiger partial charge < -0.3 is 79.9 Å². The van der Waals surface area contributed by atoms with Gasteiger partial charge in [0.25, 0.3) is 0 Å². The molecule has 16 heteroatoms. The van der Waals surface area contributed by atoms with Gasteiger partial charge in [-0.2, -0.15) is 0 Å². The predicted molar refractivity (Wildman–Crippen MR) is 196 cm³/mol. The molecule has 0 spiro atoms. The topological polar surface area (TPSA) is 269 Å². The minimum absolute atomic E-state index is 0.0613. The third-order valence-corrected chi connectivity index (χ3v) is 15.3. The Morgan fingerprint density at radius 3 is 2.18 bits per heavy atom. The monoisotopic (exact) mass is 804 g/mol. The van der Waals surface area contributed by atoms with E-state index in [2.05, 4.69) is 6.92 Å². The number of fused-ring (bicyclic) bond motifs is 5. The lowest BCUT2D eigenvalue weighted by Gasteiger charge is -2.65. The van der Waals surface area contributed by atoms with Crippen LogP contribution < -0.4 is 0 Å². The van der Waals surface area contributed by atoms with Crippen molar-refractivity contribution in [3.8, 4) is 0 Å². The molecule has 4 aliphatic carbocycles. The number of hydrogen-bond acceptors (Lipinski definition) is 16. The highest BCUT2D eigenvalue weighted by atomic mass is 16.8. The van der Waals surface area contributed by atoms with Crippen molar-refractivity contribution in [1.29, 1.82) is 0 Å². The summed E-state index contributed by atoms with van der Waals surface area (Å²) < 4.78 is 28.9. The van der Waals surface area contributed by atoms with Gasteiger partial charge in [-0.25, -0.2) is 0 Å². The summed E-state index contributed by atoms with van der Waals surface area (Å²) in [4.78, 5) is 0. The smallest absolute Gasteiger partial charge is 0.187 e. The Labute approximate surface area is 329 Å². The molecule has 5 unspecified atom stereocenters. The number of ether oxygens (including phenoxy) is 5. The van der Waals surface area contributed by atoms with Crippen LogP contribution in [0.1, 0.15) is 66.2 Å². The molecule has 0 bridgehead atoms. The summed E-state index contributed by atoms with van der Waals surface area (Å²) in [5.74, 6) is -2.63. The lowest BCUT2D eigenvalue weighted by Crippen LogP contribution is -2.68. The highest BCUT2D eigenvalue weighted by Gasteiger charge is 2.72. The van der Waals surface area contributed by atoms with Crippen LogP contribution in [-0.4, -0.2) is 175 Å². The molecule has 4 saturated carbocycles. The Balaban J connectivity index is 1.18. The van der Waals surface area contributed by atoms with Crippen molar-refractivity contribution in [2.75, 3.05) is 33.5 Å². The molecule has 16 nitrogen and oxygen atoms in total. The molecule has 2 aliphatic heterocycles. The van der Waals surface area contributed by atoms with E-state index in [9.17, 15) is 56.2 Å². The molecule has 6 fully saturated rings. The van der Waals surface area contributed by atoms with Crippen LogP contribution in [0.25, 0.3) is 0 Å². The van der Waals surface area contributed by atoms with Crippen molar-refractivity contribution < 1.29 is 79.9 Å². The zero-order valence-electron chi connectivity index (χ0n) is 33.2. The zero-order chi connectivity index (χ0) is 41.1. The Kier molecular flexibility index (Phi) is 13.7. The molecular weight excluding hydrogens is 736 g/mol. The lowest BCUT2D eigenvalue weighted by molar-refractivity contribution is -0.308. The van der Waals surface area contributed by atoms with Gasteiger partial charge in [0.05, 0.1) is 49.8 Å². The van der Waals surface area contributed by atoms with Gasteiger partial charge in [-0.05, 0) is 72.5 Å². The Morgan fingerprint density at radius 1 is 0.821 bits per heavy atom. The van der Waals surface area contributed by atoms with Crippen molar-refractivity contribution in [1.82, 2.24) is 0 Å². The van der Waals surface area contributed by atoms with Crippen molar-refractivity contribution in [3.63, 3.8) is 0 Å². The summed E-state index contributed by atoms with van der Waals surface area (Å²) in [5.41, 5.74) is -2.53. The largest absolute Gasteiger partial charge is 0.396 e. The molecule has 56 heavy (non-hydrogen) atoms. The first-order valence-electron chi connectivity index (χ1n) is 20.5. The molecule has 0 amide bonds. The van der Waals surface area contributed by atoms with Crippen LogP contribution in [0.15, 0.2) is 12.2 Å². The molecule has 0 aromatic rings. The van der Waals surface area contributed by atoms with Gasteiger partial charge in [0.1, 0.15) is 42.7 Å². The molecule has 0 aromatic heterocycles. The van der Waals surface area contributed by atoms with Crippen LogP contribution in [0, 0.1) is 52.3 Å². The van der Waals surface area contributed by atoms with Gasteiger partial charge in [-0.15, -0.1) is 0 Å². The van der Waals surface area contributed by atoms with E-state index in [1.807, 2.05) is 32.9 Å². The van der Waals surface area contributed by atoms with Crippen LogP contribution in [0.3, 0.4) is 0 Å². The average molecular weight is 805 g/mol. The third kappa shape index (κ3) is 7.67. The normalized spacial score (nSPS) is 51.6. The number of aliphatic hydroxyl groups excluding tert-OH is 10. The Morgan fingerprint density at radius 2 is 1.52 bits per heavy atom. The van der Waals surface area contributed by atoms with Gasteiger partial charge in [0.2, 0.25) is 0 Å². The second-order valence-corrected chi connectivity index (χ2v) is 18.6. The molecule has 6 aliphatic rings. The van der Waals surface area contributed by atoms with Crippen molar-refractivity contribution in [2.45, 2.75) is 152 Å². The number of rotatable bonds is 13. The van der Waals surface area contributed by atoms with Gasteiger partial charge in [0.15, 0.2) is 12.6 Å². The van der Waals surface area contributed by atoms with E-state index in [-0.39, 0.29) is 49.9 Å². The van der Waals surface area contributed by atoms with Gasteiger partial charge >= 0.3 is 0 Å². The lowest BCUT2D eigenvalue weighted by atomic mass is 9.42. The Bertz CT molecular complexity index is 1340. The van der Waals surface area contributed by atoms with E-state index in [0.717, 1.165) is 0 Å². The average Bonchev–Trinajstić information content (AvgIpc) is 3.57. The molecular formula is C40H68O16. The van der Waals surface area contributed by atoms with Crippen molar-refractivity contribution in [3.05, 3.63) is 12.2 Å². The van der Waals surface area contributed by atoms with Crippen molar-refractivity contribution in [2.24, 2.45) is 52.3 Å². The molecule has 2 heterocycles. The van der Waals surface area contributed by atoms with Crippen LogP contribution in [0.2, 0.25) is 0 Å². The predicted octanol–water partition coefficient (Wildman–Crippen LogP) is -1.60. The fourth-order valence-electron chi connectivity index (χ4n) is 12.3. The second-order valence-electron chi connectivity index (χ2n) is 18.6. The van der Waals surface area contributed by atoms with E-state index in [1.165, 1.54) is 7.11 Å².